The van der Waals surface area contributed by atoms with Gasteiger partial charge in [0.2, 0.25) is 4.77 Å². The summed E-state index contributed by atoms with van der Waals surface area (Å²) < 4.78 is 8.15. The minimum atomic E-state index is 0.473. The van der Waals surface area contributed by atoms with Crippen molar-refractivity contribution in [3.63, 3.8) is 0 Å². The number of hydrogen-bond donors (Lipinski definition) is 2. The number of benzene rings is 2. The van der Waals surface area contributed by atoms with Crippen molar-refractivity contribution in [3.8, 4) is 22.7 Å². The van der Waals surface area contributed by atoms with Gasteiger partial charge in [0.25, 0.3) is 0 Å². The SMILES string of the molecule is S=c1[nH]nc(-c2ccccc2)n1NCc1ccc(-c2ccc(Cl)cc2)o1. The molecular formula is C19H15ClN4OS. The number of aromatic nitrogens is 3. The second-order valence-corrected chi connectivity index (χ2v) is 6.48. The molecule has 4 aromatic rings. The zero-order valence-corrected chi connectivity index (χ0v) is 15.2. The van der Waals surface area contributed by atoms with Crippen LogP contribution in [0.15, 0.2) is 71.1 Å². The average Bonchev–Trinajstić information content (AvgIpc) is 3.28. The van der Waals surface area contributed by atoms with E-state index in [0.29, 0.717) is 16.3 Å². The van der Waals surface area contributed by atoms with Crippen LogP contribution in [0.3, 0.4) is 0 Å². The molecule has 0 aliphatic rings. The zero-order chi connectivity index (χ0) is 17.9. The van der Waals surface area contributed by atoms with Gasteiger partial charge in [-0.1, -0.05) is 41.9 Å². The van der Waals surface area contributed by atoms with E-state index in [1.54, 1.807) is 4.68 Å². The highest BCUT2D eigenvalue weighted by atomic mass is 35.5. The number of hydrogen-bond acceptors (Lipinski definition) is 4. The normalized spacial score (nSPS) is 10.8. The first-order chi connectivity index (χ1) is 12.7. The van der Waals surface area contributed by atoms with E-state index < -0.39 is 0 Å². The van der Waals surface area contributed by atoms with Gasteiger partial charge in [0.05, 0.1) is 6.54 Å². The lowest BCUT2D eigenvalue weighted by Gasteiger charge is -2.08. The Morgan fingerprint density at radius 1 is 1.00 bits per heavy atom. The fourth-order valence-corrected chi connectivity index (χ4v) is 2.95. The molecule has 0 saturated heterocycles. The highest BCUT2D eigenvalue weighted by Gasteiger charge is 2.10. The van der Waals surface area contributed by atoms with Crippen molar-refractivity contribution in [2.45, 2.75) is 6.54 Å². The molecule has 2 aromatic heterocycles. The van der Waals surface area contributed by atoms with Gasteiger partial charge < -0.3 is 9.84 Å². The van der Waals surface area contributed by atoms with E-state index in [0.717, 1.165) is 28.5 Å². The smallest absolute Gasteiger partial charge is 0.214 e. The third-order valence-electron chi connectivity index (χ3n) is 3.91. The van der Waals surface area contributed by atoms with Crippen molar-refractivity contribution >= 4 is 23.8 Å². The Hall–Kier alpha value is -2.83. The maximum Gasteiger partial charge on any atom is 0.214 e. The summed E-state index contributed by atoms with van der Waals surface area (Å²) >= 11 is 11.3. The Morgan fingerprint density at radius 3 is 2.54 bits per heavy atom. The molecule has 2 aromatic carbocycles. The van der Waals surface area contributed by atoms with Crippen molar-refractivity contribution < 1.29 is 4.42 Å². The van der Waals surface area contributed by atoms with Crippen molar-refractivity contribution in [2.75, 3.05) is 5.43 Å². The first-order valence-electron chi connectivity index (χ1n) is 8.02. The van der Waals surface area contributed by atoms with E-state index in [2.05, 4.69) is 15.6 Å². The summed E-state index contributed by atoms with van der Waals surface area (Å²) in [5, 5.41) is 7.82. The Balaban J connectivity index is 1.53. The van der Waals surface area contributed by atoms with Crippen molar-refractivity contribution in [2.24, 2.45) is 0 Å². The molecule has 0 radical (unpaired) electrons. The number of rotatable bonds is 5. The third kappa shape index (κ3) is 3.42. The van der Waals surface area contributed by atoms with E-state index in [1.165, 1.54) is 0 Å². The van der Waals surface area contributed by atoms with Crippen LogP contribution >= 0.6 is 23.8 Å². The summed E-state index contributed by atoms with van der Waals surface area (Å²) in [7, 11) is 0. The molecule has 5 nitrogen and oxygen atoms in total. The van der Waals surface area contributed by atoms with Gasteiger partial charge in [0.1, 0.15) is 11.5 Å². The van der Waals surface area contributed by atoms with Crippen LogP contribution in [0, 0.1) is 4.77 Å². The van der Waals surface area contributed by atoms with E-state index in [-0.39, 0.29) is 0 Å². The number of nitrogens with one attached hydrogen (secondary N) is 2. The molecule has 0 atom stereocenters. The highest BCUT2D eigenvalue weighted by molar-refractivity contribution is 7.71. The van der Waals surface area contributed by atoms with Crippen molar-refractivity contribution in [1.82, 2.24) is 14.9 Å². The minimum Gasteiger partial charge on any atom is -0.459 e. The van der Waals surface area contributed by atoms with Gasteiger partial charge in [-0.3, -0.25) is 0 Å². The van der Waals surface area contributed by atoms with Crippen LogP contribution < -0.4 is 5.43 Å². The summed E-state index contributed by atoms with van der Waals surface area (Å²) in [6.07, 6.45) is 0. The molecule has 0 unspecified atom stereocenters. The second kappa shape index (κ2) is 7.19. The standard InChI is InChI=1S/C19H15ClN4OS/c20-15-8-6-13(7-9-15)17-11-10-16(25-17)12-21-24-18(22-23-19(24)26)14-4-2-1-3-5-14/h1-11,21H,12H2,(H,23,26). The van der Waals surface area contributed by atoms with Crippen molar-refractivity contribution in [1.29, 1.82) is 0 Å². The molecular weight excluding hydrogens is 368 g/mol. The summed E-state index contributed by atoms with van der Waals surface area (Å²) in [6.45, 7) is 0.473. The maximum absolute atomic E-state index is 5.93. The van der Waals surface area contributed by atoms with Crippen LogP contribution in [0.25, 0.3) is 22.7 Å². The van der Waals surface area contributed by atoms with E-state index in [9.17, 15) is 0 Å². The van der Waals surface area contributed by atoms with Gasteiger partial charge in [0.15, 0.2) is 5.82 Å². The summed E-state index contributed by atoms with van der Waals surface area (Å²) in [5.74, 6) is 2.30. The molecule has 0 bridgehead atoms. The molecule has 0 saturated carbocycles. The summed E-state index contributed by atoms with van der Waals surface area (Å²) in [4.78, 5) is 0. The number of aromatic amines is 1. The lowest BCUT2D eigenvalue weighted by molar-refractivity contribution is 0.523. The van der Waals surface area contributed by atoms with Crippen LogP contribution in [-0.4, -0.2) is 14.9 Å². The molecule has 0 amide bonds. The molecule has 0 fully saturated rings. The van der Waals surface area contributed by atoms with E-state index >= 15 is 0 Å². The first-order valence-corrected chi connectivity index (χ1v) is 8.81. The van der Waals surface area contributed by atoms with E-state index in [1.807, 2.05) is 66.7 Å². The molecule has 130 valence electrons. The van der Waals surface area contributed by atoms with Gasteiger partial charge in [-0.2, -0.15) is 5.10 Å². The third-order valence-corrected chi connectivity index (χ3v) is 4.43. The predicted octanol–water partition coefficient (Wildman–Crippen LogP) is 5.26. The first kappa shape index (κ1) is 16.6. The molecule has 0 spiro atoms. The van der Waals surface area contributed by atoms with Crippen LogP contribution in [0.2, 0.25) is 5.02 Å². The molecule has 7 heteroatoms. The highest BCUT2D eigenvalue weighted by Crippen LogP contribution is 2.24. The van der Waals surface area contributed by atoms with Crippen LogP contribution in [0.1, 0.15) is 5.76 Å². The molecule has 2 N–H and O–H groups in total. The fraction of sp³-hybridized carbons (Fsp3) is 0.0526. The monoisotopic (exact) mass is 382 g/mol. The Bertz CT molecular complexity index is 1070. The van der Waals surface area contributed by atoms with Gasteiger partial charge in [0, 0.05) is 16.1 Å². The van der Waals surface area contributed by atoms with Gasteiger partial charge in [-0.15, -0.1) is 0 Å². The molecule has 0 aliphatic heterocycles. The number of nitrogens with zero attached hydrogens (tertiary/aromatic N) is 2. The van der Waals surface area contributed by atoms with Crippen molar-refractivity contribution in [3.05, 3.63) is 82.3 Å². The Labute approximate surface area is 160 Å². The average molecular weight is 383 g/mol. The fourth-order valence-electron chi connectivity index (χ4n) is 2.62. The molecule has 0 aliphatic carbocycles. The minimum absolute atomic E-state index is 0.473. The predicted molar refractivity (Wildman–Crippen MR) is 105 cm³/mol. The molecule has 2 heterocycles. The molecule has 26 heavy (non-hydrogen) atoms. The lowest BCUT2D eigenvalue weighted by atomic mass is 10.2. The number of H-pyrrole nitrogens is 1. The second-order valence-electron chi connectivity index (χ2n) is 5.66. The Morgan fingerprint density at radius 2 is 1.77 bits per heavy atom. The number of halogens is 1. The summed E-state index contributed by atoms with van der Waals surface area (Å²) in [5.41, 5.74) is 5.20. The topological polar surface area (TPSA) is 58.8 Å². The molecule has 4 rings (SSSR count). The lowest BCUT2D eigenvalue weighted by Crippen LogP contribution is -2.15. The zero-order valence-electron chi connectivity index (χ0n) is 13.6. The van der Waals surface area contributed by atoms with Crippen LogP contribution in [0.4, 0.5) is 0 Å². The Kier molecular flexibility index (Phi) is 4.60. The van der Waals surface area contributed by atoms with Gasteiger partial charge in [-0.05, 0) is 48.6 Å². The van der Waals surface area contributed by atoms with Crippen LogP contribution in [0.5, 0.6) is 0 Å². The van der Waals surface area contributed by atoms with E-state index in [4.69, 9.17) is 28.2 Å². The largest absolute Gasteiger partial charge is 0.459 e. The van der Waals surface area contributed by atoms with Crippen LogP contribution in [-0.2, 0) is 6.54 Å². The summed E-state index contributed by atoms with van der Waals surface area (Å²) in [6, 6.07) is 21.3. The number of furan rings is 1. The quantitative estimate of drug-likeness (QED) is 0.462. The maximum atomic E-state index is 5.93. The van der Waals surface area contributed by atoms with Gasteiger partial charge in [-0.25, -0.2) is 9.77 Å². The van der Waals surface area contributed by atoms with Gasteiger partial charge >= 0.3 is 0 Å².